The van der Waals surface area contributed by atoms with Crippen LogP contribution < -0.4 is 10.6 Å². The third-order valence-corrected chi connectivity index (χ3v) is 6.07. The summed E-state index contributed by atoms with van der Waals surface area (Å²) in [5, 5.41) is 17.5. The standard InChI is InChI=1S/C19H15Cl2N3O4S/c1-2-4-15(25)22-10-7-8-12(20)13(9-10)23-19(26)18-16(21)11-5-3-6-14(24(27)28)17(11)29-18/h3,5-9H,2,4H2,1H3,(H,22,25)(H,23,26). The highest BCUT2D eigenvalue weighted by atomic mass is 35.5. The van der Waals surface area contributed by atoms with Crippen LogP contribution in [0.25, 0.3) is 10.1 Å². The monoisotopic (exact) mass is 451 g/mol. The lowest BCUT2D eigenvalue weighted by atomic mass is 10.2. The number of anilines is 2. The molecule has 0 spiro atoms. The minimum Gasteiger partial charge on any atom is -0.326 e. The molecular formula is C19H15Cl2N3O4S. The molecule has 0 saturated carbocycles. The first-order valence-electron chi connectivity index (χ1n) is 8.58. The topological polar surface area (TPSA) is 101 Å². The van der Waals surface area contributed by atoms with E-state index in [-0.39, 0.29) is 32.2 Å². The number of thiophene rings is 1. The Labute approximate surface area is 179 Å². The summed E-state index contributed by atoms with van der Waals surface area (Å²) in [5.74, 6) is -0.698. The summed E-state index contributed by atoms with van der Waals surface area (Å²) in [6.07, 6.45) is 1.08. The van der Waals surface area contributed by atoms with E-state index in [2.05, 4.69) is 10.6 Å². The van der Waals surface area contributed by atoms with Crippen molar-refractivity contribution >= 4 is 73.5 Å². The van der Waals surface area contributed by atoms with Gasteiger partial charge in [-0.1, -0.05) is 42.3 Å². The number of nitro benzene ring substituents is 1. The summed E-state index contributed by atoms with van der Waals surface area (Å²) in [6.45, 7) is 1.90. The van der Waals surface area contributed by atoms with Gasteiger partial charge in [0.25, 0.3) is 11.6 Å². The summed E-state index contributed by atoms with van der Waals surface area (Å²) in [4.78, 5) is 35.4. The second-order valence-electron chi connectivity index (χ2n) is 6.10. The van der Waals surface area contributed by atoms with Crippen LogP contribution >= 0.6 is 34.5 Å². The molecule has 29 heavy (non-hydrogen) atoms. The Morgan fingerprint density at radius 1 is 1.17 bits per heavy atom. The lowest BCUT2D eigenvalue weighted by Gasteiger charge is -2.10. The molecule has 0 saturated heterocycles. The summed E-state index contributed by atoms with van der Waals surface area (Å²) in [7, 11) is 0. The van der Waals surface area contributed by atoms with E-state index in [1.54, 1.807) is 18.2 Å². The molecule has 0 fully saturated rings. The van der Waals surface area contributed by atoms with Crippen LogP contribution in [0.5, 0.6) is 0 Å². The maximum atomic E-state index is 12.8. The number of fused-ring (bicyclic) bond motifs is 1. The van der Waals surface area contributed by atoms with Gasteiger partial charge in [0.1, 0.15) is 9.58 Å². The third-order valence-electron chi connectivity index (χ3n) is 4.01. The number of rotatable bonds is 6. The average Bonchev–Trinajstić information content (AvgIpc) is 3.01. The Morgan fingerprint density at radius 3 is 2.62 bits per heavy atom. The molecule has 1 aromatic heterocycles. The van der Waals surface area contributed by atoms with E-state index in [1.807, 2.05) is 6.92 Å². The number of hydrogen-bond donors (Lipinski definition) is 2. The van der Waals surface area contributed by atoms with Gasteiger partial charge in [0.2, 0.25) is 5.91 Å². The average molecular weight is 452 g/mol. The molecular weight excluding hydrogens is 437 g/mol. The van der Waals surface area contributed by atoms with E-state index in [0.29, 0.717) is 28.6 Å². The number of halogens is 2. The fourth-order valence-corrected chi connectivity index (χ4v) is 4.35. The Bertz CT molecular complexity index is 1130. The van der Waals surface area contributed by atoms with Crippen molar-refractivity contribution in [3.05, 3.63) is 61.4 Å². The summed E-state index contributed by atoms with van der Waals surface area (Å²) in [6, 6.07) is 9.21. The number of nitro groups is 1. The molecule has 3 rings (SSSR count). The second kappa shape index (κ2) is 8.77. The van der Waals surface area contributed by atoms with E-state index in [9.17, 15) is 19.7 Å². The van der Waals surface area contributed by atoms with Crippen LogP contribution in [-0.2, 0) is 4.79 Å². The first-order valence-corrected chi connectivity index (χ1v) is 10.1. The van der Waals surface area contributed by atoms with E-state index in [0.717, 1.165) is 11.3 Å². The summed E-state index contributed by atoms with van der Waals surface area (Å²) >= 11 is 13.4. The highest BCUT2D eigenvalue weighted by molar-refractivity contribution is 7.22. The molecule has 10 heteroatoms. The van der Waals surface area contributed by atoms with Gasteiger partial charge in [0.15, 0.2) is 0 Å². The van der Waals surface area contributed by atoms with E-state index in [4.69, 9.17) is 23.2 Å². The van der Waals surface area contributed by atoms with Gasteiger partial charge in [0, 0.05) is 23.6 Å². The number of carbonyl (C=O) groups excluding carboxylic acids is 2. The van der Waals surface area contributed by atoms with Gasteiger partial charge in [-0.2, -0.15) is 0 Å². The molecule has 0 aliphatic rings. The lowest BCUT2D eigenvalue weighted by molar-refractivity contribution is -0.382. The molecule has 0 radical (unpaired) electrons. The first kappa shape index (κ1) is 21.0. The van der Waals surface area contributed by atoms with Crippen molar-refractivity contribution in [2.24, 2.45) is 0 Å². The molecule has 0 aliphatic heterocycles. The first-order chi connectivity index (χ1) is 13.8. The zero-order valence-electron chi connectivity index (χ0n) is 15.1. The minimum absolute atomic E-state index is 0.118. The predicted octanol–water partition coefficient (Wildman–Crippen LogP) is 6.11. The molecule has 2 aromatic carbocycles. The van der Waals surface area contributed by atoms with Crippen LogP contribution in [0.4, 0.5) is 17.1 Å². The summed E-state index contributed by atoms with van der Waals surface area (Å²) in [5.41, 5.74) is 0.655. The van der Waals surface area contributed by atoms with Gasteiger partial charge in [-0.25, -0.2) is 0 Å². The zero-order chi connectivity index (χ0) is 21.1. The maximum Gasteiger partial charge on any atom is 0.287 e. The highest BCUT2D eigenvalue weighted by Gasteiger charge is 2.23. The van der Waals surface area contributed by atoms with Crippen LogP contribution in [0, 0.1) is 10.1 Å². The number of carbonyl (C=O) groups is 2. The van der Waals surface area contributed by atoms with E-state index >= 15 is 0 Å². The van der Waals surface area contributed by atoms with Crippen molar-refractivity contribution in [2.45, 2.75) is 19.8 Å². The van der Waals surface area contributed by atoms with Gasteiger partial charge in [0.05, 0.1) is 20.7 Å². The van der Waals surface area contributed by atoms with Gasteiger partial charge >= 0.3 is 0 Å². The molecule has 1 heterocycles. The molecule has 0 unspecified atom stereocenters. The number of nitrogens with zero attached hydrogens (tertiary/aromatic N) is 1. The molecule has 2 amide bonds. The second-order valence-corrected chi connectivity index (χ2v) is 7.91. The van der Waals surface area contributed by atoms with Gasteiger partial charge < -0.3 is 10.6 Å². The number of nitrogens with one attached hydrogen (secondary N) is 2. The van der Waals surface area contributed by atoms with Crippen LogP contribution in [0.1, 0.15) is 29.4 Å². The maximum absolute atomic E-state index is 12.8. The van der Waals surface area contributed by atoms with Gasteiger partial charge in [-0.05, 0) is 24.6 Å². The molecule has 0 aliphatic carbocycles. The van der Waals surface area contributed by atoms with E-state index < -0.39 is 10.8 Å². The number of benzene rings is 2. The van der Waals surface area contributed by atoms with Gasteiger partial charge in [-0.3, -0.25) is 19.7 Å². The summed E-state index contributed by atoms with van der Waals surface area (Å²) < 4.78 is 0.319. The fraction of sp³-hybridized carbons (Fsp3) is 0.158. The molecule has 2 N–H and O–H groups in total. The van der Waals surface area contributed by atoms with Crippen molar-refractivity contribution in [3.63, 3.8) is 0 Å². The van der Waals surface area contributed by atoms with Crippen LogP contribution in [0.2, 0.25) is 10.0 Å². The molecule has 3 aromatic rings. The smallest absolute Gasteiger partial charge is 0.287 e. The van der Waals surface area contributed by atoms with Crippen LogP contribution in [0.3, 0.4) is 0 Å². The SMILES string of the molecule is CCCC(=O)Nc1ccc(Cl)c(NC(=O)c2sc3c([N+](=O)[O-])cccc3c2Cl)c1. The lowest BCUT2D eigenvalue weighted by Crippen LogP contribution is -2.13. The number of amides is 2. The minimum atomic E-state index is -0.551. The third kappa shape index (κ3) is 4.50. The molecule has 0 atom stereocenters. The van der Waals surface area contributed by atoms with Gasteiger partial charge in [-0.15, -0.1) is 11.3 Å². The molecule has 150 valence electrons. The predicted molar refractivity (Wildman–Crippen MR) is 116 cm³/mol. The largest absolute Gasteiger partial charge is 0.326 e. The normalized spacial score (nSPS) is 10.7. The Kier molecular flexibility index (Phi) is 6.36. The number of hydrogen-bond acceptors (Lipinski definition) is 5. The zero-order valence-corrected chi connectivity index (χ0v) is 17.5. The Balaban J connectivity index is 1.91. The van der Waals surface area contributed by atoms with Crippen LogP contribution in [-0.4, -0.2) is 16.7 Å². The van der Waals surface area contributed by atoms with E-state index in [1.165, 1.54) is 18.2 Å². The molecule has 7 nitrogen and oxygen atoms in total. The van der Waals surface area contributed by atoms with Crippen molar-refractivity contribution in [1.82, 2.24) is 0 Å². The fourth-order valence-electron chi connectivity index (χ4n) is 2.69. The Hall–Kier alpha value is -2.68. The van der Waals surface area contributed by atoms with Crippen molar-refractivity contribution in [2.75, 3.05) is 10.6 Å². The number of non-ortho nitro benzene ring substituents is 1. The van der Waals surface area contributed by atoms with Crippen molar-refractivity contribution < 1.29 is 14.5 Å². The quantitative estimate of drug-likeness (QED) is 0.348. The highest BCUT2D eigenvalue weighted by Crippen LogP contribution is 2.40. The van der Waals surface area contributed by atoms with Crippen molar-refractivity contribution in [1.29, 1.82) is 0 Å². The molecule has 0 bridgehead atoms. The Morgan fingerprint density at radius 2 is 1.93 bits per heavy atom. The van der Waals surface area contributed by atoms with Crippen molar-refractivity contribution in [3.8, 4) is 0 Å². The van der Waals surface area contributed by atoms with Crippen LogP contribution in [0.15, 0.2) is 36.4 Å².